The smallest absolute Gasteiger partial charge is 0.227 e. The first kappa shape index (κ1) is 14.2. The molecule has 0 aromatic heterocycles. The van der Waals surface area contributed by atoms with Gasteiger partial charge in [-0.25, -0.2) is 0 Å². The minimum Gasteiger partial charge on any atom is -0.497 e. The van der Waals surface area contributed by atoms with Gasteiger partial charge in [0.2, 0.25) is 5.91 Å². The zero-order chi connectivity index (χ0) is 13.5. The summed E-state index contributed by atoms with van der Waals surface area (Å²) in [6.07, 6.45) is 0.0494. The van der Waals surface area contributed by atoms with E-state index in [4.69, 9.17) is 15.2 Å². The molecular formula is C12H16N2O3S. The van der Waals surface area contributed by atoms with Crippen LogP contribution in [0.25, 0.3) is 0 Å². The van der Waals surface area contributed by atoms with E-state index in [0.29, 0.717) is 18.0 Å². The largest absolute Gasteiger partial charge is 0.497 e. The van der Waals surface area contributed by atoms with E-state index in [1.165, 1.54) is 0 Å². The molecule has 0 aliphatic carbocycles. The van der Waals surface area contributed by atoms with Gasteiger partial charge in [0.05, 0.1) is 25.6 Å². The molecule has 1 amide bonds. The van der Waals surface area contributed by atoms with Gasteiger partial charge in [-0.15, -0.1) is 0 Å². The third-order valence-corrected chi connectivity index (χ3v) is 2.45. The molecule has 0 bridgehead atoms. The Morgan fingerprint density at radius 3 is 2.67 bits per heavy atom. The SMILES string of the molecule is COc1ccc(CNC(=O)CC(N)=S)c(OC)c1. The van der Waals surface area contributed by atoms with Crippen molar-refractivity contribution < 1.29 is 14.3 Å². The van der Waals surface area contributed by atoms with Gasteiger partial charge in [-0.1, -0.05) is 12.2 Å². The number of carbonyl (C=O) groups is 1. The third-order valence-electron chi connectivity index (χ3n) is 2.31. The fraction of sp³-hybridized carbons (Fsp3) is 0.333. The normalized spacial score (nSPS) is 9.67. The Morgan fingerprint density at radius 1 is 1.39 bits per heavy atom. The van der Waals surface area contributed by atoms with Crippen LogP contribution in [-0.2, 0) is 11.3 Å². The second-order valence-electron chi connectivity index (χ2n) is 3.60. The fourth-order valence-electron chi connectivity index (χ4n) is 1.41. The molecule has 5 nitrogen and oxygen atoms in total. The Morgan fingerprint density at radius 2 is 2.11 bits per heavy atom. The van der Waals surface area contributed by atoms with Gasteiger partial charge in [0.25, 0.3) is 0 Å². The molecule has 0 fully saturated rings. The number of methoxy groups -OCH3 is 2. The van der Waals surface area contributed by atoms with Gasteiger partial charge < -0.3 is 20.5 Å². The molecule has 0 heterocycles. The van der Waals surface area contributed by atoms with Crippen LogP contribution in [0.3, 0.4) is 0 Å². The van der Waals surface area contributed by atoms with Gasteiger partial charge in [0.1, 0.15) is 11.5 Å². The van der Waals surface area contributed by atoms with Crippen LogP contribution >= 0.6 is 12.2 Å². The van der Waals surface area contributed by atoms with Crippen molar-refractivity contribution in [3.05, 3.63) is 23.8 Å². The topological polar surface area (TPSA) is 73.6 Å². The zero-order valence-corrected chi connectivity index (χ0v) is 11.2. The summed E-state index contributed by atoms with van der Waals surface area (Å²) < 4.78 is 10.3. The van der Waals surface area contributed by atoms with Crippen molar-refractivity contribution in [2.45, 2.75) is 13.0 Å². The minimum absolute atomic E-state index is 0.0494. The summed E-state index contributed by atoms with van der Waals surface area (Å²) in [6, 6.07) is 5.39. The van der Waals surface area contributed by atoms with Crippen LogP contribution < -0.4 is 20.5 Å². The summed E-state index contributed by atoms with van der Waals surface area (Å²) in [6.45, 7) is 0.356. The molecule has 0 spiro atoms. The zero-order valence-electron chi connectivity index (χ0n) is 10.4. The fourth-order valence-corrected chi connectivity index (χ4v) is 1.54. The van der Waals surface area contributed by atoms with E-state index in [2.05, 4.69) is 17.5 Å². The Balaban J connectivity index is 2.67. The molecule has 0 aliphatic rings. The lowest BCUT2D eigenvalue weighted by Crippen LogP contribution is -2.27. The van der Waals surface area contributed by atoms with Crippen LogP contribution in [0.2, 0.25) is 0 Å². The van der Waals surface area contributed by atoms with E-state index in [9.17, 15) is 4.79 Å². The summed E-state index contributed by atoms with van der Waals surface area (Å²) in [4.78, 5) is 11.6. The third kappa shape index (κ3) is 4.21. The van der Waals surface area contributed by atoms with Crippen LogP contribution in [0, 0.1) is 0 Å². The first-order valence-electron chi connectivity index (χ1n) is 5.32. The molecule has 1 aromatic carbocycles. The molecule has 0 unspecified atom stereocenters. The maximum atomic E-state index is 11.4. The number of hydrogen-bond donors (Lipinski definition) is 2. The summed E-state index contributed by atoms with van der Waals surface area (Å²) in [7, 11) is 3.15. The van der Waals surface area contributed by atoms with Gasteiger partial charge in [0.15, 0.2) is 0 Å². The van der Waals surface area contributed by atoms with Crippen molar-refractivity contribution in [2.75, 3.05) is 14.2 Å². The molecule has 1 aromatic rings. The van der Waals surface area contributed by atoms with Gasteiger partial charge in [-0.2, -0.15) is 0 Å². The first-order chi connectivity index (χ1) is 8.56. The van der Waals surface area contributed by atoms with E-state index in [1.807, 2.05) is 6.07 Å². The maximum Gasteiger partial charge on any atom is 0.227 e. The molecular weight excluding hydrogens is 252 g/mol. The predicted octanol–water partition coefficient (Wildman–Crippen LogP) is 0.996. The van der Waals surface area contributed by atoms with Crippen molar-refractivity contribution >= 4 is 23.1 Å². The molecule has 0 aliphatic heterocycles. The standard InChI is InChI=1S/C12H16N2O3S/c1-16-9-4-3-8(10(5-9)17-2)7-14-12(15)6-11(13)18/h3-5H,6-7H2,1-2H3,(H2,13,18)(H,14,15). The lowest BCUT2D eigenvalue weighted by atomic mass is 10.2. The number of ether oxygens (including phenoxy) is 2. The summed E-state index contributed by atoms with van der Waals surface area (Å²) >= 11 is 4.66. The molecule has 98 valence electrons. The summed E-state index contributed by atoms with van der Waals surface area (Å²) in [5.41, 5.74) is 6.14. The van der Waals surface area contributed by atoms with Crippen molar-refractivity contribution in [1.82, 2.24) is 5.32 Å². The second-order valence-corrected chi connectivity index (χ2v) is 4.12. The quantitative estimate of drug-likeness (QED) is 0.753. The number of rotatable bonds is 6. The van der Waals surface area contributed by atoms with E-state index < -0.39 is 0 Å². The van der Waals surface area contributed by atoms with Crippen LogP contribution in [0.1, 0.15) is 12.0 Å². The highest BCUT2D eigenvalue weighted by molar-refractivity contribution is 7.80. The van der Waals surface area contributed by atoms with Crippen molar-refractivity contribution in [1.29, 1.82) is 0 Å². The average molecular weight is 268 g/mol. The van der Waals surface area contributed by atoms with Crippen molar-refractivity contribution in [2.24, 2.45) is 5.73 Å². The molecule has 18 heavy (non-hydrogen) atoms. The van der Waals surface area contributed by atoms with Crippen LogP contribution in [0.5, 0.6) is 11.5 Å². The van der Waals surface area contributed by atoms with Crippen LogP contribution in [-0.4, -0.2) is 25.1 Å². The molecule has 0 saturated heterocycles. The maximum absolute atomic E-state index is 11.4. The highest BCUT2D eigenvalue weighted by Crippen LogP contribution is 2.24. The average Bonchev–Trinajstić information content (AvgIpc) is 2.35. The first-order valence-corrected chi connectivity index (χ1v) is 5.73. The van der Waals surface area contributed by atoms with E-state index >= 15 is 0 Å². The van der Waals surface area contributed by atoms with Crippen molar-refractivity contribution in [3.63, 3.8) is 0 Å². The highest BCUT2D eigenvalue weighted by Gasteiger charge is 2.07. The predicted molar refractivity (Wildman–Crippen MR) is 72.8 cm³/mol. The monoisotopic (exact) mass is 268 g/mol. The molecule has 3 N–H and O–H groups in total. The van der Waals surface area contributed by atoms with Gasteiger partial charge >= 0.3 is 0 Å². The van der Waals surface area contributed by atoms with Crippen molar-refractivity contribution in [3.8, 4) is 11.5 Å². The van der Waals surface area contributed by atoms with Crippen LogP contribution in [0.15, 0.2) is 18.2 Å². The molecule has 0 radical (unpaired) electrons. The Kier molecular flexibility index (Phi) is 5.38. The van der Waals surface area contributed by atoms with Gasteiger partial charge in [-0.3, -0.25) is 4.79 Å². The molecule has 0 saturated carbocycles. The molecule has 6 heteroatoms. The van der Waals surface area contributed by atoms with Gasteiger partial charge in [0, 0.05) is 18.2 Å². The van der Waals surface area contributed by atoms with E-state index in [0.717, 1.165) is 5.56 Å². The molecule has 0 atom stereocenters. The Hall–Kier alpha value is -1.82. The van der Waals surface area contributed by atoms with Gasteiger partial charge in [-0.05, 0) is 12.1 Å². The number of hydrogen-bond acceptors (Lipinski definition) is 4. The minimum atomic E-state index is -0.208. The number of amides is 1. The van der Waals surface area contributed by atoms with Crippen LogP contribution in [0.4, 0.5) is 0 Å². The number of benzene rings is 1. The Bertz CT molecular complexity index is 449. The summed E-state index contributed by atoms with van der Waals surface area (Å²) in [5.74, 6) is 1.15. The second kappa shape index (κ2) is 6.80. The summed E-state index contributed by atoms with van der Waals surface area (Å²) in [5, 5.41) is 2.72. The number of nitrogens with two attached hydrogens (primary N) is 1. The number of carbonyl (C=O) groups excluding carboxylic acids is 1. The Labute approximate surface area is 111 Å². The van der Waals surface area contributed by atoms with E-state index in [-0.39, 0.29) is 17.3 Å². The van der Waals surface area contributed by atoms with E-state index in [1.54, 1.807) is 26.4 Å². The lowest BCUT2D eigenvalue weighted by Gasteiger charge is -2.11. The lowest BCUT2D eigenvalue weighted by molar-refractivity contribution is -0.120. The molecule has 1 rings (SSSR count). The number of nitrogens with one attached hydrogen (secondary N) is 1. The number of thiocarbonyl (C=S) groups is 1. The highest BCUT2D eigenvalue weighted by atomic mass is 32.1.